The molecule has 0 N–H and O–H groups in total. The molecule has 2 heterocycles. The molecule has 0 bridgehead atoms. The maximum Gasteiger partial charge on any atom is 0.246 e. The third-order valence-electron chi connectivity index (χ3n) is 5.23. The highest BCUT2D eigenvalue weighted by Gasteiger charge is 2.43. The fourth-order valence-corrected chi connectivity index (χ4v) is 3.91. The van der Waals surface area contributed by atoms with Crippen LogP contribution in [0.4, 0.5) is 5.69 Å². The minimum absolute atomic E-state index is 0.0432. The van der Waals surface area contributed by atoms with Crippen LogP contribution in [-0.2, 0) is 16.0 Å². The van der Waals surface area contributed by atoms with E-state index in [9.17, 15) is 9.59 Å². The fraction of sp³-hybridized carbons (Fsp3) is 0.556. The Bertz CT molecular complexity index is 617. The van der Waals surface area contributed by atoms with Crippen molar-refractivity contribution in [3.05, 3.63) is 29.8 Å². The van der Waals surface area contributed by atoms with Crippen molar-refractivity contribution >= 4 is 17.5 Å². The van der Waals surface area contributed by atoms with E-state index in [0.29, 0.717) is 12.3 Å². The second-order valence-electron chi connectivity index (χ2n) is 7.03. The van der Waals surface area contributed by atoms with Gasteiger partial charge in [0.1, 0.15) is 6.04 Å². The van der Waals surface area contributed by atoms with Gasteiger partial charge in [0.25, 0.3) is 0 Å². The molecule has 22 heavy (non-hydrogen) atoms. The van der Waals surface area contributed by atoms with Crippen molar-refractivity contribution in [3.63, 3.8) is 0 Å². The number of benzene rings is 1. The van der Waals surface area contributed by atoms with Gasteiger partial charge in [-0.3, -0.25) is 14.5 Å². The molecule has 1 aromatic rings. The molecule has 2 amide bonds. The molecule has 1 aromatic carbocycles. The van der Waals surface area contributed by atoms with Crippen LogP contribution in [0.1, 0.15) is 31.7 Å². The topological polar surface area (TPSA) is 40.6 Å². The van der Waals surface area contributed by atoms with E-state index in [1.165, 1.54) is 19.3 Å². The lowest BCUT2D eigenvalue weighted by Gasteiger charge is -2.42. The van der Waals surface area contributed by atoms with Crippen LogP contribution in [0.2, 0.25) is 0 Å². The van der Waals surface area contributed by atoms with E-state index in [4.69, 9.17) is 0 Å². The molecule has 0 aromatic heterocycles. The number of hydrogen-bond donors (Lipinski definition) is 0. The van der Waals surface area contributed by atoms with E-state index in [1.54, 1.807) is 11.8 Å². The number of carbonyl (C=O) groups excluding carboxylic acids is 2. The van der Waals surface area contributed by atoms with Gasteiger partial charge in [-0.1, -0.05) is 31.0 Å². The summed E-state index contributed by atoms with van der Waals surface area (Å²) in [6.07, 6.45) is 4.68. The summed E-state index contributed by atoms with van der Waals surface area (Å²) in [4.78, 5) is 28.4. The first kappa shape index (κ1) is 13.8. The van der Waals surface area contributed by atoms with Gasteiger partial charge in [0.2, 0.25) is 11.8 Å². The number of carbonyl (C=O) groups is 2. The van der Waals surface area contributed by atoms with Crippen molar-refractivity contribution in [2.45, 2.75) is 38.6 Å². The molecule has 0 radical (unpaired) electrons. The van der Waals surface area contributed by atoms with Gasteiger partial charge < -0.3 is 4.90 Å². The Morgan fingerprint density at radius 2 is 1.86 bits per heavy atom. The number of likely N-dealkylation sites (tertiary alicyclic amines) is 1. The second-order valence-corrected chi connectivity index (χ2v) is 7.03. The Labute approximate surface area is 131 Å². The van der Waals surface area contributed by atoms with E-state index in [2.05, 4.69) is 0 Å². The SMILES string of the molecule is CC(=O)N1c2ccccc2C[C@H]1C(=O)N1CC(CC2CC2)C1. The van der Waals surface area contributed by atoms with E-state index in [1.807, 2.05) is 29.2 Å². The van der Waals surface area contributed by atoms with Crippen molar-refractivity contribution in [1.29, 1.82) is 0 Å². The zero-order valence-corrected chi connectivity index (χ0v) is 13.0. The van der Waals surface area contributed by atoms with Crippen molar-refractivity contribution in [2.75, 3.05) is 18.0 Å². The minimum atomic E-state index is -0.336. The molecule has 1 atom stereocenters. The lowest BCUT2D eigenvalue weighted by atomic mass is 9.92. The van der Waals surface area contributed by atoms with Crippen LogP contribution in [0.15, 0.2) is 24.3 Å². The summed E-state index contributed by atoms with van der Waals surface area (Å²) >= 11 is 0. The first-order chi connectivity index (χ1) is 10.6. The predicted octanol–water partition coefficient (Wildman–Crippen LogP) is 2.22. The summed E-state index contributed by atoms with van der Waals surface area (Å²) in [7, 11) is 0. The largest absolute Gasteiger partial charge is 0.340 e. The maximum absolute atomic E-state index is 12.8. The van der Waals surface area contributed by atoms with E-state index >= 15 is 0 Å². The molecule has 4 heteroatoms. The summed E-state index contributed by atoms with van der Waals surface area (Å²) in [5.74, 6) is 1.69. The highest BCUT2D eigenvalue weighted by atomic mass is 16.2. The smallest absolute Gasteiger partial charge is 0.246 e. The van der Waals surface area contributed by atoms with Crippen LogP contribution < -0.4 is 4.90 Å². The molecule has 3 aliphatic rings. The van der Waals surface area contributed by atoms with Gasteiger partial charge >= 0.3 is 0 Å². The molecule has 4 nitrogen and oxygen atoms in total. The molecule has 4 rings (SSSR count). The van der Waals surface area contributed by atoms with Crippen molar-refractivity contribution in [3.8, 4) is 0 Å². The Hall–Kier alpha value is -1.84. The molecular formula is C18H22N2O2. The quantitative estimate of drug-likeness (QED) is 0.858. The number of anilines is 1. The normalized spacial score (nSPS) is 24.1. The van der Waals surface area contributed by atoms with Crippen molar-refractivity contribution < 1.29 is 9.59 Å². The number of hydrogen-bond acceptors (Lipinski definition) is 2. The molecule has 1 saturated carbocycles. The Balaban J connectivity index is 1.46. The lowest BCUT2D eigenvalue weighted by molar-refractivity contribution is -0.140. The highest BCUT2D eigenvalue weighted by molar-refractivity contribution is 6.02. The highest BCUT2D eigenvalue weighted by Crippen LogP contribution is 2.39. The van der Waals surface area contributed by atoms with Gasteiger partial charge in [0, 0.05) is 32.1 Å². The van der Waals surface area contributed by atoms with Crippen LogP contribution in [0.25, 0.3) is 0 Å². The van der Waals surface area contributed by atoms with E-state index in [-0.39, 0.29) is 17.9 Å². The second kappa shape index (κ2) is 5.11. The van der Waals surface area contributed by atoms with Gasteiger partial charge in [0.15, 0.2) is 0 Å². The van der Waals surface area contributed by atoms with Gasteiger partial charge in [-0.2, -0.15) is 0 Å². The number of fused-ring (bicyclic) bond motifs is 1. The zero-order chi connectivity index (χ0) is 15.3. The molecule has 0 unspecified atom stereocenters. The Kier molecular flexibility index (Phi) is 3.21. The summed E-state index contributed by atoms with van der Waals surface area (Å²) in [5, 5.41) is 0. The standard InChI is InChI=1S/C18H22N2O2/c1-12(21)20-16-5-3-2-4-15(16)9-17(20)18(22)19-10-14(11-19)8-13-6-7-13/h2-5,13-14,17H,6-11H2,1H3/t17-/m0/s1. The number of amides is 2. The first-order valence-corrected chi connectivity index (χ1v) is 8.30. The average Bonchev–Trinajstić information content (AvgIpc) is 3.18. The van der Waals surface area contributed by atoms with E-state index < -0.39 is 0 Å². The van der Waals surface area contributed by atoms with Crippen LogP contribution in [0.3, 0.4) is 0 Å². The molecule has 1 aliphatic carbocycles. The van der Waals surface area contributed by atoms with E-state index in [0.717, 1.165) is 30.3 Å². The first-order valence-electron chi connectivity index (χ1n) is 8.30. The van der Waals surface area contributed by atoms with Gasteiger partial charge in [0.05, 0.1) is 0 Å². The van der Waals surface area contributed by atoms with Gasteiger partial charge in [-0.25, -0.2) is 0 Å². The third kappa shape index (κ3) is 2.31. The fourth-order valence-electron chi connectivity index (χ4n) is 3.91. The van der Waals surface area contributed by atoms with Crippen LogP contribution in [0.5, 0.6) is 0 Å². The molecular weight excluding hydrogens is 276 g/mol. The molecule has 2 fully saturated rings. The summed E-state index contributed by atoms with van der Waals surface area (Å²) < 4.78 is 0. The number of nitrogens with zero attached hydrogens (tertiary/aromatic N) is 2. The van der Waals surface area contributed by atoms with Crippen LogP contribution >= 0.6 is 0 Å². The summed E-state index contributed by atoms with van der Waals surface area (Å²) in [6.45, 7) is 3.32. The van der Waals surface area contributed by atoms with Crippen LogP contribution in [-0.4, -0.2) is 35.8 Å². The third-order valence-corrected chi connectivity index (χ3v) is 5.23. The van der Waals surface area contributed by atoms with Gasteiger partial charge in [-0.05, 0) is 29.9 Å². The Morgan fingerprint density at radius 3 is 2.55 bits per heavy atom. The number of para-hydroxylation sites is 1. The molecule has 116 valence electrons. The molecule has 1 saturated heterocycles. The van der Waals surface area contributed by atoms with Crippen LogP contribution in [0, 0.1) is 11.8 Å². The number of rotatable bonds is 3. The Morgan fingerprint density at radius 1 is 1.14 bits per heavy atom. The molecule has 2 aliphatic heterocycles. The summed E-state index contributed by atoms with van der Waals surface area (Å²) in [5.41, 5.74) is 2.01. The molecule has 0 spiro atoms. The zero-order valence-electron chi connectivity index (χ0n) is 13.0. The maximum atomic E-state index is 12.8. The monoisotopic (exact) mass is 298 g/mol. The lowest BCUT2D eigenvalue weighted by Crippen LogP contribution is -2.57. The predicted molar refractivity (Wildman–Crippen MR) is 84.5 cm³/mol. The summed E-state index contributed by atoms with van der Waals surface area (Å²) in [6, 6.07) is 7.52. The van der Waals surface area contributed by atoms with Gasteiger partial charge in [-0.15, -0.1) is 0 Å². The van der Waals surface area contributed by atoms with Crippen molar-refractivity contribution in [2.24, 2.45) is 11.8 Å². The van der Waals surface area contributed by atoms with Crippen molar-refractivity contribution in [1.82, 2.24) is 4.90 Å². The average molecular weight is 298 g/mol. The minimum Gasteiger partial charge on any atom is -0.340 e.